The van der Waals surface area contributed by atoms with E-state index in [1.54, 1.807) is 17.5 Å². The van der Waals surface area contributed by atoms with Gasteiger partial charge in [0.05, 0.1) is 12.1 Å². The lowest BCUT2D eigenvalue weighted by molar-refractivity contribution is 1.13. The average Bonchev–Trinajstić information content (AvgIpc) is 2.74. The highest BCUT2D eigenvalue weighted by Gasteiger charge is 1.99. The molecule has 0 bridgehead atoms. The van der Waals surface area contributed by atoms with Crippen molar-refractivity contribution >= 4 is 17.2 Å². The highest BCUT2D eigenvalue weighted by molar-refractivity contribution is 7.10. The van der Waals surface area contributed by atoms with Gasteiger partial charge in [-0.05, 0) is 30.7 Å². The molecule has 3 nitrogen and oxygen atoms in total. The fraction of sp³-hybridized carbons (Fsp3) is 0.167. The van der Waals surface area contributed by atoms with Gasteiger partial charge in [-0.15, -0.1) is 11.3 Å². The fourth-order valence-electron chi connectivity index (χ4n) is 1.34. The Morgan fingerprint density at radius 3 is 3.06 bits per heavy atom. The molecule has 2 aromatic heterocycles. The van der Waals surface area contributed by atoms with Crippen LogP contribution in [0, 0.1) is 18.3 Å². The van der Waals surface area contributed by atoms with Crippen molar-refractivity contribution in [3.8, 4) is 6.07 Å². The number of nitriles is 1. The van der Waals surface area contributed by atoms with Crippen molar-refractivity contribution in [1.82, 2.24) is 4.98 Å². The molecule has 0 spiro atoms. The SMILES string of the molecule is Cc1ccnc(NCc2cc(C#N)cs2)c1. The summed E-state index contributed by atoms with van der Waals surface area (Å²) in [6.45, 7) is 2.74. The predicted molar refractivity (Wildman–Crippen MR) is 65.3 cm³/mol. The molecule has 4 heteroatoms. The fourth-order valence-corrected chi connectivity index (χ4v) is 2.09. The molecule has 0 aliphatic carbocycles. The third-order valence-electron chi connectivity index (χ3n) is 2.14. The summed E-state index contributed by atoms with van der Waals surface area (Å²) < 4.78 is 0. The van der Waals surface area contributed by atoms with Gasteiger partial charge >= 0.3 is 0 Å². The molecular formula is C12H11N3S. The quantitative estimate of drug-likeness (QED) is 0.880. The summed E-state index contributed by atoms with van der Waals surface area (Å²) in [4.78, 5) is 5.35. The Labute approximate surface area is 98.4 Å². The van der Waals surface area contributed by atoms with Crippen molar-refractivity contribution in [2.75, 3.05) is 5.32 Å². The maximum atomic E-state index is 8.70. The molecule has 0 aliphatic rings. The van der Waals surface area contributed by atoms with Crippen molar-refractivity contribution < 1.29 is 0 Å². The number of rotatable bonds is 3. The maximum Gasteiger partial charge on any atom is 0.126 e. The maximum absolute atomic E-state index is 8.70. The summed E-state index contributed by atoms with van der Waals surface area (Å²) in [5, 5.41) is 13.8. The van der Waals surface area contributed by atoms with Gasteiger partial charge in [0.1, 0.15) is 11.9 Å². The number of hydrogen-bond donors (Lipinski definition) is 1. The smallest absolute Gasteiger partial charge is 0.126 e. The molecule has 80 valence electrons. The highest BCUT2D eigenvalue weighted by atomic mass is 32.1. The van der Waals surface area contributed by atoms with Gasteiger partial charge in [-0.25, -0.2) is 4.98 Å². The molecule has 1 N–H and O–H groups in total. The molecule has 0 saturated heterocycles. The molecule has 0 unspecified atom stereocenters. The second-order valence-electron chi connectivity index (χ2n) is 3.49. The van der Waals surface area contributed by atoms with Crippen LogP contribution >= 0.6 is 11.3 Å². The molecule has 0 radical (unpaired) electrons. The number of hydrogen-bond acceptors (Lipinski definition) is 4. The summed E-state index contributed by atoms with van der Waals surface area (Å²) in [7, 11) is 0. The van der Waals surface area contributed by atoms with E-state index in [0.717, 1.165) is 16.3 Å². The van der Waals surface area contributed by atoms with Crippen molar-refractivity contribution in [2.45, 2.75) is 13.5 Å². The van der Waals surface area contributed by atoms with E-state index in [1.165, 1.54) is 5.56 Å². The first-order valence-corrected chi connectivity index (χ1v) is 5.80. The summed E-state index contributed by atoms with van der Waals surface area (Å²) in [5.41, 5.74) is 1.90. The third-order valence-corrected chi connectivity index (χ3v) is 3.08. The first-order valence-electron chi connectivity index (χ1n) is 4.92. The Morgan fingerprint density at radius 1 is 1.50 bits per heavy atom. The Balaban J connectivity index is 2.00. The van der Waals surface area contributed by atoms with Crippen molar-refractivity contribution in [3.63, 3.8) is 0 Å². The van der Waals surface area contributed by atoms with Crippen LogP contribution in [0.1, 0.15) is 16.0 Å². The second kappa shape index (κ2) is 4.77. The zero-order valence-corrected chi connectivity index (χ0v) is 9.71. The normalized spacial score (nSPS) is 9.75. The average molecular weight is 229 g/mol. The monoisotopic (exact) mass is 229 g/mol. The lowest BCUT2D eigenvalue weighted by atomic mass is 10.3. The van der Waals surface area contributed by atoms with Crippen LogP contribution in [-0.2, 0) is 6.54 Å². The van der Waals surface area contributed by atoms with E-state index in [1.807, 2.05) is 30.5 Å². The molecule has 2 rings (SSSR count). The van der Waals surface area contributed by atoms with Crippen LogP contribution in [0.25, 0.3) is 0 Å². The number of aromatic nitrogens is 1. The van der Waals surface area contributed by atoms with Gasteiger partial charge in [0.25, 0.3) is 0 Å². The van der Waals surface area contributed by atoms with Gasteiger partial charge in [0.15, 0.2) is 0 Å². The third kappa shape index (κ3) is 2.59. The van der Waals surface area contributed by atoms with E-state index in [-0.39, 0.29) is 0 Å². The van der Waals surface area contributed by atoms with E-state index in [9.17, 15) is 0 Å². The summed E-state index contributed by atoms with van der Waals surface area (Å²) in [6.07, 6.45) is 1.78. The van der Waals surface area contributed by atoms with Crippen LogP contribution in [-0.4, -0.2) is 4.98 Å². The molecule has 2 heterocycles. The first kappa shape index (κ1) is 10.7. The molecular weight excluding hydrogens is 218 g/mol. The highest BCUT2D eigenvalue weighted by Crippen LogP contribution is 2.15. The zero-order chi connectivity index (χ0) is 11.4. The lowest BCUT2D eigenvalue weighted by Gasteiger charge is -2.03. The predicted octanol–water partition coefficient (Wildman–Crippen LogP) is 2.94. The largest absolute Gasteiger partial charge is 0.365 e. The number of thiophene rings is 1. The molecule has 0 saturated carbocycles. The van der Waals surface area contributed by atoms with E-state index < -0.39 is 0 Å². The van der Waals surface area contributed by atoms with Gasteiger partial charge in [-0.2, -0.15) is 5.26 Å². The number of nitrogens with zero attached hydrogens (tertiary/aromatic N) is 2. The van der Waals surface area contributed by atoms with E-state index >= 15 is 0 Å². The van der Waals surface area contributed by atoms with Crippen molar-refractivity contribution in [1.29, 1.82) is 5.26 Å². The van der Waals surface area contributed by atoms with Gasteiger partial charge in [0.2, 0.25) is 0 Å². The van der Waals surface area contributed by atoms with Crippen LogP contribution in [0.5, 0.6) is 0 Å². The van der Waals surface area contributed by atoms with Crippen molar-refractivity contribution in [3.05, 3.63) is 45.8 Å². The van der Waals surface area contributed by atoms with Crippen LogP contribution in [0.3, 0.4) is 0 Å². The first-order chi connectivity index (χ1) is 7.78. The summed E-state index contributed by atoms with van der Waals surface area (Å²) >= 11 is 1.58. The number of pyridine rings is 1. The minimum absolute atomic E-state index is 0.711. The standard InChI is InChI=1S/C12H11N3S/c1-9-2-3-14-12(4-9)15-7-11-5-10(6-13)8-16-11/h2-5,8H,7H2,1H3,(H,14,15). The zero-order valence-electron chi connectivity index (χ0n) is 8.90. The topological polar surface area (TPSA) is 48.7 Å². The molecule has 0 amide bonds. The van der Waals surface area contributed by atoms with Crippen LogP contribution in [0.15, 0.2) is 29.8 Å². The summed E-state index contributed by atoms with van der Waals surface area (Å²) in [5.74, 6) is 0.868. The minimum atomic E-state index is 0.711. The molecule has 0 aromatic carbocycles. The van der Waals surface area contributed by atoms with E-state index in [2.05, 4.69) is 16.4 Å². The van der Waals surface area contributed by atoms with E-state index in [0.29, 0.717) is 6.54 Å². The lowest BCUT2D eigenvalue weighted by Crippen LogP contribution is -1.99. The summed E-state index contributed by atoms with van der Waals surface area (Å²) in [6, 6.07) is 7.98. The molecule has 0 aliphatic heterocycles. The van der Waals surface area contributed by atoms with E-state index in [4.69, 9.17) is 5.26 Å². The van der Waals surface area contributed by atoms with Gasteiger partial charge in [-0.1, -0.05) is 0 Å². The van der Waals surface area contributed by atoms with Gasteiger partial charge < -0.3 is 5.32 Å². The molecule has 2 aromatic rings. The van der Waals surface area contributed by atoms with Crippen LogP contribution in [0.4, 0.5) is 5.82 Å². The van der Waals surface area contributed by atoms with Crippen LogP contribution < -0.4 is 5.32 Å². The molecule has 0 fully saturated rings. The van der Waals surface area contributed by atoms with Crippen molar-refractivity contribution in [2.24, 2.45) is 0 Å². The Morgan fingerprint density at radius 2 is 2.38 bits per heavy atom. The molecule has 0 atom stereocenters. The Bertz CT molecular complexity index is 525. The van der Waals surface area contributed by atoms with Gasteiger partial charge in [-0.3, -0.25) is 0 Å². The number of anilines is 1. The Kier molecular flexibility index (Phi) is 3.18. The van der Waals surface area contributed by atoms with Crippen LogP contribution in [0.2, 0.25) is 0 Å². The van der Waals surface area contributed by atoms with Gasteiger partial charge in [0, 0.05) is 16.5 Å². The molecule has 16 heavy (non-hydrogen) atoms. The number of aryl methyl sites for hydroxylation is 1. The second-order valence-corrected chi connectivity index (χ2v) is 4.48. The number of nitrogens with one attached hydrogen (secondary N) is 1. The Hall–Kier alpha value is -1.86. The minimum Gasteiger partial charge on any atom is -0.365 e.